The van der Waals surface area contributed by atoms with Crippen LogP contribution in [-0.2, 0) is 11.2 Å². The average Bonchev–Trinajstić information content (AvgIpc) is 2.69. The van der Waals surface area contributed by atoms with Crippen LogP contribution in [0.1, 0.15) is 11.8 Å². The van der Waals surface area contributed by atoms with Crippen molar-refractivity contribution in [2.45, 2.75) is 17.1 Å². The van der Waals surface area contributed by atoms with Crippen LogP contribution >= 0.6 is 11.3 Å². The Balaban J connectivity index is 2.12. The molecule has 0 fully saturated rings. The molecule has 1 nitrogen and oxygen atoms in total. The third-order valence-electron chi connectivity index (χ3n) is 3.04. The van der Waals surface area contributed by atoms with Gasteiger partial charge in [-0.3, -0.25) is 0 Å². The van der Waals surface area contributed by atoms with Gasteiger partial charge in [0.05, 0.1) is 4.88 Å². The maximum absolute atomic E-state index is 12.5. The first-order valence-corrected chi connectivity index (χ1v) is 7.41. The van der Waals surface area contributed by atoms with E-state index in [-0.39, 0.29) is 5.25 Å². The molecule has 82 valence electrons. The summed E-state index contributed by atoms with van der Waals surface area (Å²) in [5.74, 6) is 0.344. The normalized spacial score (nSPS) is 31.6. The highest BCUT2D eigenvalue weighted by Crippen LogP contribution is 2.37. The maximum atomic E-state index is 12.5. The topological polar surface area (TPSA) is 23.1 Å². The first-order chi connectivity index (χ1) is 7.77. The predicted molar refractivity (Wildman–Crippen MR) is 69.9 cm³/mol. The van der Waals surface area contributed by atoms with Crippen LogP contribution in [0.2, 0.25) is 0 Å². The van der Waals surface area contributed by atoms with E-state index in [2.05, 4.69) is 37.3 Å². The molecule has 3 heteroatoms. The van der Waals surface area contributed by atoms with E-state index in [1.165, 1.54) is 5.57 Å². The molecule has 0 bridgehead atoms. The van der Waals surface area contributed by atoms with Crippen molar-refractivity contribution in [2.24, 2.45) is 5.92 Å². The minimum absolute atomic E-state index is 0.122. The lowest BCUT2D eigenvalue weighted by atomic mass is 9.95. The zero-order valence-corrected chi connectivity index (χ0v) is 10.6. The summed E-state index contributed by atoms with van der Waals surface area (Å²) in [4.78, 5) is 2.14. The second kappa shape index (κ2) is 3.91. The molecule has 0 radical (unpaired) electrons. The molecule has 1 aliphatic heterocycles. The smallest absolute Gasteiger partial charge is 0.171 e. The fourth-order valence-electron chi connectivity index (χ4n) is 2.22. The molecular weight excluding hydrogens is 236 g/mol. The monoisotopic (exact) mass is 248 g/mol. The molecule has 2 heterocycles. The summed E-state index contributed by atoms with van der Waals surface area (Å²) in [6.45, 7) is 2.14. The first-order valence-electron chi connectivity index (χ1n) is 5.32. The Labute approximate surface area is 102 Å². The molecule has 16 heavy (non-hydrogen) atoms. The van der Waals surface area contributed by atoms with E-state index in [1.807, 2.05) is 11.4 Å². The third kappa shape index (κ3) is 1.51. The van der Waals surface area contributed by atoms with Crippen molar-refractivity contribution in [3.8, 4) is 0 Å². The van der Waals surface area contributed by atoms with E-state index in [9.17, 15) is 4.55 Å². The lowest BCUT2D eigenvalue weighted by Crippen LogP contribution is -2.29. The second-order valence-corrected chi connectivity index (χ2v) is 6.60. The van der Waals surface area contributed by atoms with E-state index in [4.69, 9.17) is 0 Å². The molecule has 0 saturated heterocycles. The van der Waals surface area contributed by atoms with Crippen LogP contribution in [0.4, 0.5) is 0 Å². The molecule has 0 spiro atoms. The maximum Gasteiger partial charge on any atom is 0.171 e. The van der Waals surface area contributed by atoms with Crippen molar-refractivity contribution in [1.29, 1.82) is 0 Å². The lowest BCUT2D eigenvalue weighted by Gasteiger charge is -2.26. The van der Waals surface area contributed by atoms with Crippen LogP contribution in [0, 0.1) is 5.92 Å². The van der Waals surface area contributed by atoms with Crippen LogP contribution in [0.3, 0.4) is 0 Å². The molecule has 0 saturated carbocycles. The van der Waals surface area contributed by atoms with E-state index in [1.54, 1.807) is 11.3 Å². The van der Waals surface area contributed by atoms with Crippen molar-refractivity contribution in [2.75, 3.05) is 0 Å². The third-order valence-corrected chi connectivity index (χ3v) is 6.00. The summed E-state index contributed by atoms with van der Waals surface area (Å²) in [7, 11) is 0. The Morgan fingerprint density at radius 1 is 1.38 bits per heavy atom. The van der Waals surface area contributed by atoms with E-state index in [0.717, 1.165) is 9.77 Å². The fourth-order valence-corrected chi connectivity index (χ4v) is 5.00. The summed E-state index contributed by atoms with van der Waals surface area (Å²) in [6.07, 6.45) is 10.5. The van der Waals surface area contributed by atoms with Crippen molar-refractivity contribution < 1.29 is 4.55 Å². The molecular formula is C13H12OS2. The van der Waals surface area contributed by atoms with Gasteiger partial charge in [0.2, 0.25) is 0 Å². The zero-order valence-electron chi connectivity index (χ0n) is 8.92. The molecule has 3 rings (SSSR count). The molecule has 3 unspecified atom stereocenters. The lowest BCUT2D eigenvalue weighted by molar-refractivity contribution is 0.569. The molecule has 3 atom stereocenters. The number of thiophene rings is 1. The second-order valence-electron chi connectivity index (χ2n) is 4.11. The number of hydrogen-bond donors (Lipinski definition) is 0. The predicted octanol–water partition coefficient (Wildman–Crippen LogP) is 3.38. The highest BCUT2D eigenvalue weighted by molar-refractivity contribution is 7.92. The quantitative estimate of drug-likeness (QED) is 0.645. The van der Waals surface area contributed by atoms with Gasteiger partial charge in [-0.05, 0) is 22.6 Å². The number of allylic oxidation sites excluding steroid dienone is 4. The summed E-state index contributed by atoms with van der Waals surface area (Å²) >= 11 is 0.742. The summed E-state index contributed by atoms with van der Waals surface area (Å²) in [5.41, 5.74) is 1.19. The van der Waals surface area contributed by atoms with Gasteiger partial charge in [-0.2, -0.15) is 0 Å². The average molecular weight is 248 g/mol. The molecule has 1 aliphatic carbocycles. The van der Waals surface area contributed by atoms with Gasteiger partial charge in [-0.25, -0.2) is 0 Å². The Bertz CT molecular complexity index is 496. The Morgan fingerprint density at radius 3 is 3.12 bits per heavy atom. The van der Waals surface area contributed by atoms with Gasteiger partial charge in [0.15, 0.2) is 10.1 Å². The van der Waals surface area contributed by atoms with Gasteiger partial charge in [0, 0.05) is 17.6 Å². The summed E-state index contributed by atoms with van der Waals surface area (Å²) in [5, 5.41) is 2.14. The van der Waals surface area contributed by atoms with Crippen LogP contribution in [0.25, 0.3) is 6.08 Å². The molecule has 0 aromatic carbocycles. The van der Waals surface area contributed by atoms with E-state index in [0.29, 0.717) is 5.92 Å². The van der Waals surface area contributed by atoms with Gasteiger partial charge in [-0.15, -0.1) is 11.3 Å². The van der Waals surface area contributed by atoms with Crippen LogP contribution < -0.4 is 0 Å². The van der Waals surface area contributed by atoms with Crippen LogP contribution in [-0.4, -0.2) is 9.80 Å². The van der Waals surface area contributed by atoms with Crippen molar-refractivity contribution in [3.05, 3.63) is 46.2 Å². The number of hydrogen-bond acceptors (Lipinski definition) is 2. The van der Waals surface area contributed by atoms with Crippen LogP contribution in [0.5, 0.6) is 0 Å². The Kier molecular flexibility index (Phi) is 2.54. The van der Waals surface area contributed by atoms with Gasteiger partial charge < -0.3 is 4.55 Å². The minimum Gasteiger partial charge on any atom is -0.611 e. The summed E-state index contributed by atoms with van der Waals surface area (Å²) < 4.78 is 12.5. The van der Waals surface area contributed by atoms with E-state index < -0.39 is 11.2 Å². The Morgan fingerprint density at radius 2 is 2.25 bits per heavy atom. The minimum atomic E-state index is -0.920. The molecule has 2 aliphatic rings. The molecule has 0 N–H and O–H groups in total. The number of fused-ring (bicyclic) bond motifs is 2. The summed E-state index contributed by atoms with van der Waals surface area (Å²) in [6, 6.07) is 1.99. The van der Waals surface area contributed by atoms with Gasteiger partial charge in [-0.1, -0.05) is 31.2 Å². The number of rotatable bonds is 0. The highest BCUT2D eigenvalue weighted by atomic mass is 32.2. The van der Waals surface area contributed by atoms with Crippen LogP contribution in [0.15, 0.2) is 46.2 Å². The molecule has 0 amide bonds. The molecule has 1 aromatic heterocycles. The van der Waals surface area contributed by atoms with Crippen molar-refractivity contribution >= 4 is 28.6 Å². The van der Waals surface area contributed by atoms with Crippen molar-refractivity contribution in [3.63, 3.8) is 0 Å². The molecule has 1 aromatic rings. The highest BCUT2D eigenvalue weighted by Gasteiger charge is 2.36. The van der Waals surface area contributed by atoms with Gasteiger partial charge in [0.25, 0.3) is 0 Å². The largest absolute Gasteiger partial charge is 0.611 e. The van der Waals surface area contributed by atoms with Gasteiger partial charge >= 0.3 is 0 Å². The standard InChI is InChI=1S/C13H12OS2/c1-9-3-2-4-10-5-6-11-12(7-8-15-11)16(14)13(9)10/h2-9,13H,1H3. The van der Waals surface area contributed by atoms with Gasteiger partial charge in [0.1, 0.15) is 0 Å². The van der Waals surface area contributed by atoms with E-state index >= 15 is 0 Å². The fraction of sp³-hybridized carbons (Fsp3) is 0.231. The van der Waals surface area contributed by atoms with Crippen molar-refractivity contribution in [1.82, 2.24) is 0 Å². The first kappa shape index (κ1) is 10.4. The zero-order chi connectivity index (χ0) is 11.1. The Hall–Kier alpha value is -0.770. The SMILES string of the molecule is CC1C=CC=C2C=Cc3sccc3[S+]([O-])C21.